The van der Waals surface area contributed by atoms with Crippen LogP contribution >= 0.6 is 11.3 Å². The zero-order valence-corrected chi connectivity index (χ0v) is 30.9. The summed E-state index contributed by atoms with van der Waals surface area (Å²) in [5.41, 5.74) is 8.82. The molecule has 57 heavy (non-hydrogen) atoms. The van der Waals surface area contributed by atoms with Crippen molar-refractivity contribution < 1.29 is 8.83 Å². The number of fused-ring (bicyclic) bond motifs is 9. The van der Waals surface area contributed by atoms with Crippen LogP contribution in [0.15, 0.2) is 173 Å². The predicted octanol–water partition coefficient (Wildman–Crippen LogP) is 13.2. The average molecular weight is 750 g/mol. The van der Waals surface area contributed by atoms with Crippen molar-refractivity contribution in [3.05, 3.63) is 164 Å². The molecule has 266 valence electrons. The van der Waals surface area contributed by atoms with Crippen LogP contribution in [0.2, 0.25) is 0 Å². The average Bonchev–Trinajstić information content (AvgIpc) is 3.97. The van der Waals surface area contributed by atoms with Gasteiger partial charge in [0.25, 0.3) is 0 Å². The van der Waals surface area contributed by atoms with Gasteiger partial charge in [0.2, 0.25) is 0 Å². The molecule has 0 aliphatic rings. The second-order valence-electron chi connectivity index (χ2n) is 14.0. The molecule has 5 heterocycles. The quantitative estimate of drug-likeness (QED) is 0.173. The monoisotopic (exact) mass is 749 g/mol. The lowest BCUT2D eigenvalue weighted by Crippen LogP contribution is -2.00. The Balaban J connectivity index is 1.08. The fourth-order valence-corrected chi connectivity index (χ4v) is 9.02. The highest BCUT2D eigenvalue weighted by Gasteiger charge is 2.22. The first-order valence-corrected chi connectivity index (χ1v) is 19.5. The van der Waals surface area contributed by atoms with Gasteiger partial charge >= 0.3 is 0 Å². The molecule has 7 nitrogen and oxygen atoms in total. The third-order valence-electron chi connectivity index (χ3n) is 10.6. The second kappa shape index (κ2) is 12.5. The molecular formula is C49H27N5O2S. The summed E-state index contributed by atoms with van der Waals surface area (Å²) in [7, 11) is 0. The van der Waals surface area contributed by atoms with Crippen molar-refractivity contribution in [2.24, 2.45) is 0 Å². The zero-order valence-electron chi connectivity index (χ0n) is 30.0. The first-order valence-electron chi connectivity index (χ1n) is 18.7. The van der Waals surface area contributed by atoms with Crippen LogP contribution in [0.1, 0.15) is 0 Å². The molecule has 8 heteroatoms. The zero-order chi connectivity index (χ0) is 37.5. The topological polar surface area (TPSA) is 90.7 Å². The summed E-state index contributed by atoms with van der Waals surface area (Å²) in [4.78, 5) is 25.5. The summed E-state index contributed by atoms with van der Waals surface area (Å²) in [6.45, 7) is 0. The highest BCUT2D eigenvalue weighted by atomic mass is 32.1. The van der Waals surface area contributed by atoms with Crippen LogP contribution < -0.4 is 0 Å². The maximum atomic E-state index is 6.55. The van der Waals surface area contributed by atoms with Gasteiger partial charge < -0.3 is 8.83 Å². The molecule has 0 aliphatic heterocycles. The van der Waals surface area contributed by atoms with Gasteiger partial charge in [0.15, 0.2) is 28.9 Å². The van der Waals surface area contributed by atoms with E-state index in [0.717, 1.165) is 66.2 Å². The molecule has 0 atom stereocenters. The SMILES string of the molecule is c1ccc(-c2nc(-c3ccccc3)nc(-c3cccc4oc5ccc(-c6nc(-c7ccc8c(c7)sc7ccccc78)nc7c6oc6ccccc67)cc5c34)n2)cc1. The normalized spacial score (nSPS) is 11.9. The highest BCUT2D eigenvalue weighted by molar-refractivity contribution is 7.25. The van der Waals surface area contributed by atoms with Gasteiger partial charge in [-0.1, -0.05) is 115 Å². The summed E-state index contributed by atoms with van der Waals surface area (Å²) >= 11 is 1.78. The molecule has 12 aromatic rings. The van der Waals surface area contributed by atoms with E-state index in [9.17, 15) is 0 Å². The van der Waals surface area contributed by atoms with Gasteiger partial charge in [-0.3, -0.25) is 0 Å². The van der Waals surface area contributed by atoms with Gasteiger partial charge in [0, 0.05) is 64.1 Å². The van der Waals surface area contributed by atoms with Gasteiger partial charge in [-0.15, -0.1) is 11.3 Å². The Kier molecular flexibility index (Phi) is 6.96. The van der Waals surface area contributed by atoms with Crippen LogP contribution in [-0.2, 0) is 0 Å². The number of hydrogen-bond donors (Lipinski definition) is 0. The van der Waals surface area contributed by atoms with Crippen molar-refractivity contribution >= 4 is 75.5 Å². The third-order valence-corrected chi connectivity index (χ3v) is 11.7. The lowest BCUT2D eigenvalue weighted by Gasteiger charge is -2.09. The number of furan rings is 2. The summed E-state index contributed by atoms with van der Waals surface area (Å²) < 4.78 is 15.5. The smallest absolute Gasteiger partial charge is 0.180 e. The molecule has 0 fully saturated rings. The van der Waals surface area contributed by atoms with Crippen LogP contribution in [-0.4, -0.2) is 24.9 Å². The van der Waals surface area contributed by atoms with E-state index in [1.54, 1.807) is 11.3 Å². The number of hydrogen-bond acceptors (Lipinski definition) is 8. The molecule has 0 unspecified atom stereocenters. The minimum absolute atomic E-state index is 0.557. The van der Waals surface area contributed by atoms with Gasteiger partial charge in [-0.05, 0) is 48.5 Å². The standard InChI is InChI=1S/C49H27N5O2S/c1-3-12-28(13-4-1)46-52-47(29-14-5-2-6-15-29)54-49(53-46)35-18-11-20-39-42(35)36-26-30(23-25-38(36)55-39)43-45-44(34-17-7-9-19-37(34)56-45)51-48(50-43)31-22-24-33-32-16-8-10-21-40(32)57-41(33)27-31/h1-27H. The van der Waals surface area contributed by atoms with Crippen LogP contribution in [0.5, 0.6) is 0 Å². The van der Waals surface area contributed by atoms with Crippen molar-refractivity contribution in [1.29, 1.82) is 0 Å². The minimum Gasteiger partial charge on any atom is -0.456 e. The summed E-state index contributed by atoms with van der Waals surface area (Å²) in [5.74, 6) is 2.38. The summed E-state index contributed by atoms with van der Waals surface area (Å²) in [5, 5.41) is 5.25. The molecule has 0 spiro atoms. The molecule has 12 rings (SSSR count). The molecule has 0 radical (unpaired) electrons. The summed E-state index contributed by atoms with van der Waals surface area (Å²) in [6, 6.07) is 55.3. The van der Waals surface area contributed by atoms with Crippen molar-refractivity contribution in [3.63, 3.8) is 0 Å². The molecular weight excluding hydrogens is 723 g/mol. The Hall–Kier alpha value is -7.55. The van der Waals surface area contributed by atoms with Crippen molar-refractivity contribution in [1.82, 2.24) is 24.9 Å². The number of nitrogens with zero attached hydrogens (tertiary/aromatic N) is 5. The third kappa shape index (κ3) is 5.15. The Morgan fingerprint density at radius 1 is 0.368 bits per heavy atom. The molecule has 0 saturated heterocycles. The van der Waals surface area contributed by atoms with Gasteiger partial charge in [0.1, 0.15) is 28.0 Å². The maximum absolute atomic E-state index is 6.55. The van der Waals surface area contributed by atoms with Crippen molar-refractivity contribution in [2.45, 2.75) is 0 Å². The van der Waals surface area contributed by atoms with E-state index in [1.807, 2.05) is 109 Å². The second-order valence-corrected chi connectivity index (χ2v) is 15.1. The Morgan fingerprint density at radius 2 is 1.00 bits per heavy atom. The van der Waals surface area contributed by atoms with Crippen LogP contribution in [0.25, 0.3) is 121 Å². The van der Waals surface area contributed by atoms with E-state index in [0.29, 0.717) is 34.6 Å². The van der Waals surface area contributed by atoms with Crippen LogP contribution in [0, 0.1) is 0 Å². The lowest BCUT2D eigenvalue weighted by molar-refractivity contribution is 0.666. The molecule has 5 aromatic heterocycles. The fraction of sp³-hybridized carbons (Fsp3) is 0. The molecule has 7 aromatic carbocycles. The molecule has 0 amide bonds. The van der Waals surface area contributed by atoms with Crippen LogP contribution in [0.4, 0.5) is 0 Å². The van der Waals surface area contributed by atoms with Gasteiger partial charge in [0.05, 0.1) is 0 Å². The Labute approximate surface area is 328 Å². The fourth-order valence-electron chi connectivity index (χ4n) is 7.87. The first kappa shape index (κ1) is 31.8. The number of para-hydroxylation sites is 1. The first-order chi connectivity index (χ1) is 28.2. The number of benzene rings is 7. The number of aromatic nitrogens is 5. The van der Waals surface area contributed by atoms with Crippen molar-refractivity contribution in [2.75, 3.05) is 0 Å². The minimum atomic E-state index is 0.557. The molecule has 0 aliphatic carbocycles. The van der Waals surface area contributed by atoms with E-state index in [2.05, 4.69) is 54.6 Å². The highest BCUT2D eigenvalue weighted by Crippen LogP contribution is 2.42. The number of rotatable bonds is 5. The molecule has 0 N–H and O–H groups in total. The predicted molar refractivity (Wildman–Crippen MR) is 230 cm³/mol. The Morgan fingerprint density at radius 3 is 1.81 bits per heavy atom. The van der Waals surface area contributed by atoms with E-state index < -0.39 is 0 Å². The lowest BCUT2D eigenvalue weighted by atomic mass is 10.0. The van der Waals surface area contributed by atoms with Gasteiger partial charge in [-0.2, -0.15) is 0 Å². The Bertz CT molecular complexity index is 3480. The van der Waals surface area contributed by atoms with Gasteiger partial charge in [-0.25, -0.2) is 24.9 Å². The van der Waals surface area contributed by atoms with E-state index >= 15 is 0 Å². The largest absolute Gasteiger partial charge is 0.456 e. The number of thiophene rings is 1. The molecule has 0 saturated carbocycles. The molecule has 0 bridgehead atoms. The summed E-state index contributed by atoms with van der Waals surface area (Å²) in [6.07, 6.45) is 0. The van der Waals surface area contributed by atoms with Crippen molar-refractivity contribution in [3.8, 4) is 56.8 Å². The van der Waals surface area contributed by atoms with E-state index in [4.69, 9.17) is 33.8 Å². The van der Waals surface area contributed by atoms with Crippen LogP contribution in [0.3, 0.4) is 0 Å². The maximum Gasteiger partial charge on any atom is 0.180 e. The van der Waals surface area contributed by atoms with E-state index in [-0.39, 0.29) is 0 Å². The van der Waals surface area contributed by atoms with E-state index in [1.165, 1.54) is 20.2 Å².